The molecule has 1 aliphatic heterocycles. The maximum Gasteiger partial charge on any atom is 0.324 e. The van der Waals surface area contributed by atoms with E-state index in [0.29, 0.717) is 5.70 Å². The molecule has 0 aromatic rings. The minimum atomic E-state index is -1.56. The fourth-order valence-electron chi connectivity index (χ4n) is 1.10. The van der Waals surface area contributed by atoms with Gasteiger partial charge >= 0.3 is 5.97 Å². The van der Waals surface area contributed by atoms with Crippen molar-refractivity contribution in [2.75, 3.05) is 7.05 Å². The van der Waals surface area contributed by atoms with E-state index < -0.39 is 23.6 Å². The zero-order valence-electron chi connectivity index (χ0n) is 7.27. The molecule has 1 amide bonds. The average Bonchev–Trinajstić information content (AvgIpc) is 1.99. The molecule has 1 heterocycles. The number of carboxylic acid groups (broad SMARTS) is 1. The lowest BCUT2D eigenvalue weighted by atomic mass is 9.98. The maximum absolute atomic E-state index is 11.3. The number of nitrogens with zero attached hydrogens (tertiary/aromatic N) is 1. The molecule has 0 aromatic carbocycles. The van der Waals surface area contributed by atoms with Crippen molar-refractivity contribution >= 4 is 17.7 Å². The molecule has 1 N–H and O–H groups in total. The van der Waals surface area contributed by atoms with E-state index in [1.807, 2.05) is 0 Å². The first-order chi connectivity index (χ1) is 5.95. The number of carbonyl (C=O) groups is 3. The Balaban J connectivity index is 3.10. The fraction of sp³-hybridized carbons (Fsp3) is 0.375. The van der Waals surface area contributed by atoms with Crippen LogP contribution in [0.4, 0.5) is 0 Å². The minimum Gasteiger partial charge on any atom is -0.480 e. The van der Waals surface area contributed by atoms with Crippen molar-refractivity contribution in [3.8, 4) is 0 Å². The highest BCUT2D eigenvalue weighted by molar-refractivity contribution is 6.21. The Kier molecular flexibility index (Phi) is 2.18. The van der Waals surface area contributed by atoms with Gasteiger partial charge in [-0.2, -0.15) is 0 Å². The number of carboxylic acids is 1. The molecule has 0 saturated carbocycles. The largest absolute Gasteiger partial charge is 0.480 e. The van der Waals surface area contributed by atoms with Crippen LogP contribution in [0.5, 0.6) is 0 Å². The van der Waals surface area contributed by atoms with Crippen molar-refractivity contribution in [2.24, 2.45) is 5.92 Å². The molecule has 1 atom stereocenters. The lowest BCUT2D eigenvalue weighted by Crippen LogP contribution is -2.43. The predicted octanol–water partition coefficient (Wildman–Crippen LogP) is -0.368. The molecule has 5 heteroatoms. The van der Waals surface area contributed by atoms with Gasteiger partial charge < -0.3 is 10.0 Å². The SMILES string of the molecule is CC1=CC(=O)C(C(=O)O)C(=O)N1C. The van der Waals surface area contributed by atoms with E-state index in [9.17, 15) is 14.4 Å². The molecule has 0 aliphatic carbocycles. The molecule has 70 valence electrons. The Morgan fingerprint density at radius 2 is 2.08 bits per heavy atom. The van der Waals surface area contributed by atoms with Crippen LogP contribution in [0.2, 0.25) is 0 Å². The standard InChI is InChI=1S/C8H9NO4/c1-4-3-5(10)6(8(12)13)7(11)9(4)2/h3,6H,1-2H3,(H,12,13). The topological polar surface area (TPSA) is 74.7 Å². The first-order valence-corrected chi connectivity index (χ1v) is 3.67. The number of aliphatic carboxylic acids is 1. The predicted molar refractivity (Wildman–Crippen MR) is 42.7 cm³/mol. The number of rotatable bonds is 1. The van der Waals surface area contributed by atoms with Crippen LogP contribution in [0, 0.1) is 5.92 Å². The molecule has 0 aromatic heterocycles. The maximum atomic E-state index is 11.3. The average molecular weight is 183 g/mol. The Bertz CT molecular complexity index is 318. The Labute approximate surface area is 74.6 Å². The quantitative estimate of drug-likeness (QED) is 0.563. The van der Waals surface area contributed by atoms with Crippen LogP contribution in [0.25, 0.3) is 0 Å². The van der Waals surface area contributed by atoms with Crippen molar-refractivity contribution in [1.29, 1.82) is 0 Å². The third-order valence-corrected chi connectivity index (χ3v) is 1.99. The van der Waals surface area contributed by atoms with E-state index in [0.717, 1.165) is 0 Å². The van der Waals surface area contributed by atoms with E-state index in [2.05, 4.69) is 0 Å². The number of carbonyl (C=O) groups excluding carboxylic acids is 2. The van der Waals surface area contributed by atoms with Crippen LogP contribution in [0.1, 0.15) is 6.92 Å². The van der Waals surface area contributed by atoms with Gasteiger partial charge in [-0.15, -0.1) is 0 Å². The number of ketones is 1. The molecule has 5 nitrogen and oxygen atoms in total. The van der Waals surface area contributed by atoms with Crippen LogP contribution < -0.4 is 0 Å². The highest BCUT2D eigenvalue weighted by Gasteiger charge is 2.38. The molecule has 1 aliphatic rings. The van der Waals surface area contributed by atoms with Gasteiger partial charge in [0.25, 0.3) is 0 Å². The molecule has 13 heavy (non-hydrogen) atoms. The van der Waals surface area contributed by atoms with Crippen LogP contribution in [-0.4, -0.2) is 34.7 Å². The smallest absolute Gasteiger partial charge is 0.324 e. The molecule has 0 bridgehead atoms. The highest BCUT2D eigenvalue weighted by atomic mass is 16.4. The number of allylic oxidation sites excluding steroid dienone is 2. The van der Waals surface area contributed by atoms with Gasteiger partial charge in [0.2, 0.25) is 5.91 Å². The van der Waals surface area contributed by atoms with Crippen LogP contribution in [0.3, 0.4) is 0 Å². The Morgan fingerprint density at radius 1 is 1.54 bits per heavy atom. The van der Waals surface area contributed by atoms with Gasteiger partial charge in [0.05, 0.1) is 0 Å². The van der Waals surface area contributed by atoms with Crippen molar-refractivity contribution in [3.63, 3.8) is 0 Å². The summed E-state index contributed by atoms with van der Waals surface area (Å²) < 4.78 is 0. The molecule has 0 fully saturated rings. The van der Waals surface area contributed by atoms with Crippen molar-refractivity contribution in [1.82, 2.24) is 4.90 Å². The summed E-state index contributed by atoms with van der Waals surface area (Å²) in [4.78, 5) is 34.1. The van der Waals surface area contributed by atoms with Gasteiger partial charge in [0.15, 0.2) is 11.7 Å². The summed E-state index contributed by atoms with van der Waals surface area (Å²) in [5, 5.41) is 8.59. The number of hydrogen-bond acceptors (Lipinski definition) is 3. The van der Waals surface area contributed by atoms with Crippen LogP contribution in [-0.2, 0) is 14.4 Å². The van der Waals surface area contributed by atoms with Crippen molar-refractivity contribution in [3.05, 3.63) is 11.8 Å². The van der Waals surface area contributed by atoms with Gasteiger partial charge in [-0.3, -0.25) is 14.4 Å². The van der Waals surface area contributed by atoms with Gasteiger partial charge in [0.1, 0.15) is 0 Å². The zero-order valence-corrected chi connectivity index (χ0v) is 7.27. The van der Waals surface area contributed by atoms with E-state index in [4.69, 9.17) is 5.11 Å². The minimum absolute atomic E-state index is 0.465. The summed E-state index contributed by atoms with van der Waals surface area (Å²) in [6.45, 7) is 1.58. The third kappa shape index (κ3) is 1.44. The Hall–Kier alpha value is -1.65. The van der Waals surface area contributed by atoms with Gasteiger partial charge in [-0.1, -0.05) is 0 Å². The number of hydrogen-bond donors (Lipinski definition) is 1. The molecule has 1 unspecified atom stereocenters. The summed E-state index contributed by atoms with van der Waals surface area (Å²) in [7, 11) is 1.44. The summed E-state index contributed by atoms with van der Waals surface area (Å²) in [6, 6.07) is 0. The number of amides is 1. The zero-order chi connectivity index (χ0) is 10.2. The summed E-state index contributed by atoms with van der Waals surface area (Å²) in [6.07, 6.45) is 1.17. The van der Waals surface area contributed by atoms with E-state index >= 15 is 0 Å². The van der Waals surface area contributed by atoms with Crippen molar-refractivity contribution in [2.45, 2.75) is 6.92 Å². The van der Waals surface area contributed by atoms with E-state index in [-0.39, 0.29) is 0 Å². The first kappa shape index (κ1) is 9.44. The third-order valence-electron chi connectivity index (χ3n) is 1.99. The van der Waals surface area contributed by atoms with Crippen molar-refractivity contribution < 1.29 is 19.5 Å². The van der Waals surface area contributed by atoms with Gasteiger partial charge in [0, 0.05) is 18.8 Å². The first-order valence-electron chi connectivity index (χ1n) is 3.67. The fourth-order valence-corrected chi connectivity index (χ4v) is 1.10. The summed E-state index contributed by atoms with van der Waals surface area (Å²) in [5.74, 6) is -4.30. The molecular formula is C8H9NO4. The second kappa shape index (κ2) is 3.01. The summed E-state index contributed by atoms with van der Waals surface area (Å²) >= 11 is 0. The summed E-state index contributed by atoms with van der Waals surface area (Å²) in [5.41, 5.74) is 0.465. The molecule has 0 spiro atoms. The lowest BCUT2D eigenvalue weighted by Gasteiger charge is -2.24. The van der Waals surface area contributed by atoms with Gasteiger partial charge in [-0.25, -0.2) is 0 Å². The van der Waals surface area contributed by atoms with Crippen LogP contribution in [0.15, 0.2) is 11.8 Å². The van der Waals surface area contributed by atoms with Gasteiger partial charge in [-0.05, 0) is 6.92 Å². The second-order valence-corrected chi connectivity index (χ2v) is 2.86. The van der Waals surface area contributed by atoms with E-state index in [1.54, 1.807) is 6.92 Å². The molecular weight excluding hydrogens is 174 g/mol. The normalized spacial score (nSPS) is 23.1. The monoisotopic (exact) mass is 183 g/mol. The molecule has 0 radical (unpaired) electrons. The molecule has 0 saturated heterocycles. The lowest BCUT2D eigenvalue weighted by molar-refractivity contribution is -0.153. The molecule has 1 rings (SSSR count). The second-order valence-electron chi connectivity index (χ2n) is 2.86. The highest BCUT2D eigenvalue weighted by Crippen LogP contribution is 2.16. The van der Waals surface area contributed by atoms with Crippen LogP contribution >= 0.6 is 0 Å². The Morgan fingerprint density at radius 3 is 2.54 bits per heavy atom. The van der Waals surface area contributed by atoms with E-state index in [1.165, 1.54) is 18.0 Å².